The van der Waals surface area contributed by atoms with E-state index in [1.807, 2.05) is 33.9 Å². The molecule has 0 aliphatic heterocycles. The van der Waals surface area contributed by atoms with Crippen LogP contribution in [-0.4, -0.2) is 7.05 Å². The van der Waals surface area contributed by atoms with Crippen molar-refractivity contribution in [2.45, 2.75) is 48.5 Å². The number of thiol groups is 1. The summed E-state index contributed by atoms with van der Waals surface area (Å²) in [6.45, 7) is 18.2. The van der Waals surface area contributed by atoms with Crippen LogP contribution in [0, 0.1) is 12.3 Å². The minimum atomic E-state index is 0.155. The lowest BCUT2D eigenvalue weighted by atomic mass is 9.95. The molecule has 0 aromatic heterocycles. The van der Waals surface area contributed by atoms with Crippen molar-refractivity contribution in [1.82, 2.24) is 0 Å². The maximum Gasteiger partial charge on any atom is 0.0337 e. The van der Waals surface area contributed by atoms with Gasteiger partial charge in [-0.15, -0.1) is 12.6 Å². The molecular weight excluding hydrogens is 274 g/mol. The second-order valence-electron chi connectivity index (χ2n) is 5.74. The van der Waals surface area contributed by atoms with Gasteiger partial charge >= 0.3 is 0 Å². The van der Waals surface area contributed by atoms with Crippen molar-refractivity contribution in [3.8, 4) is 0 Å². The zero-order valence-corrected chi connectivity index (χ0v) is 15.9. The summed E-state index contributed by atoms with van der Waals surface area (Å²) in [5.74, 6) is 0. The van der Waals surface area contributed by atoms with E-state index in [-0.39, 0.29) is 5.41 Å². The lowest BCUT2D eigenvalue weighted by Gasteiger charge is -2.18. The Hall–Kier alpha value is -1.15. The molecule has 1 rings (SSSR count). The van der Waals surface area contributed by atoms with Crippen LogP contribution < -0.4 is 5.32 Å². The summed E-state index contributed by atoms with van der Waals surface area (Å²) in [7, 11) is 1.92. The number of allylic oxidation sites excluding steroid dienone is 3. The lowest BCUT2D eigenvalue weighted by molar-refractivity contribution is 0.534. The Balaban J connectivity index is 0. The molecule has 1 aromatic carbocycles. The molecule has 0 bridgehead atoms. The van der Waals surface area contributed by atoms with Gasteiger partial charge in [0.1, 0.15) is 0 Å². The second kappa shape index (κ2) is 11.5. The SMILES string of the molecule is C=C(C)/C=C(\S)C(C)(C)C.CC.CNc1ccc(C)cc1. The summed E-state index contributed by atoms with van der Waals surface area (Å²) in [5, 5.41) is 3.05. The summed E-state index contributed by atoms with van der Waals surface area (Å²) in [4.78, 5) is 1.08. The van der Waals surface area contributed by atoms with E-state index < -0.39 is 0 Å². The third kappa shape index (κ3) is 12.3. The van der Waals surface area contributed by atoms with Crippen molar-refractivity contribution in [3.63, 3.8) is 0 Å². The van der Waals surface area contributed by atoms with Crippen LogP contribution in [0.4, 0.5) is 5.69 Å². The highest BCUT2D eigenvalue weighted by Crippen LogP contribution is 2.28. The number of hydrogen-bond donors (Lipinski definition) is 2. The van der Waals surface area contributed by atoms with Crippen LogP contribution in [0.3, 0.4) is 0 Å². The zero-order valence-electron chi connectivity index (χ0n) is 15.0. The smallest absolute Gasteiger partial charge is 0.0337 e. The van der Waals surface area contributed by atoms with Crippen molar-refractivity contribution >= 4 is 18.3 Å². The van der Waals surface area contributed by atoms with E-state index in [4.69, 9.17) is 0 Å². The Kier molecular flexibility index (Phi) is 12.1. The van der Waals surface area contributed by atoms with Crippen LogP contribution >= 0.6 is 12.6 Å². The Morgan fingerprint density at radius 2 is 1.57 bits per heavy atom. The first-order valence-corrected chi connectivity index (χ1v) is 7.92. The van der Waals surface area contributed by atoms with Crippen molar-refractivity contribution < 1.29 is 0 Å². The number of aryl methyl sites for hydroxylation is 1. The molecular formula is C19H33NS. The summed E-state index contributed by atoms with van der Waals surface area (Å²) in [5.41, 5.74) is 3.68. The zero-order chi connectivity index (χ0) is 17.1. The normalized spacial score (nSPS) is 10.6. The molecule has 0 aliphatic rings. The molecule has 120 valence electrons. The Morgan fingerprint density at radius 3 is 1.81 bits per heavy atom. The summed E-state index contributed by atoms with van der Waals surface area (Å²) in [6, 6.07) is 8.31. The van der Waals surface area contributed by atoms with Gasteiger partial charge in [0.25, 0.3) is 0 Å². The average molecular weight is 308 g/mol. The molecule has 0 atom stereocenters. The first kappa shape index (κ1) is 22.1. The van der Waals surface area contributed by atoms with Gasteiger partial charge in [-0.2, -0.15) is 0 Å². The van der Waals surface area contributed by atoms with E-state index in [0.717, 1.165) is 10.5 Å². The van der Waals surface area contributed by atoms with Gasteiger partial charge in [-0.3, -0.25) is 0 Å². The Morgan fingerprint density at radius 1 is 1.14 bits per heavy atom. The van der Waals surface area contributed by atoms with Gasteiger partial charge in [0, 0.05) is 12.7 Å². The third-order valence-corrected chi connectivity index (χ3v) is 3.29. The molecule has 0 unspecified atom stereocenters. The number of hydrogen-bond acceptors (Lipinski definition) is 2. The monoisotopic (exact) mass is 307 g/mol. The standard InChI is InChI=1S/C9H16S.C8H11N.C2H6/c1-7(2)6-8(10)9(3,4)5;1-7-3-5-8(9-2)6-4-7;1-2/h6,10H,1H2,2-5H3;3-6,9H,1-2H3;1-2H3/b8-6-;;. The molecule has 0 saturated heterocycles. The summed E-state index contributed by atoms with van der Waals surface area (Å²) >= 11 is 4.35. The average Bonchev–Trinajstić information content (AvgIpc) is 2.41. The highest BCUT2D eigenvalue weighted by Gasteiger charge is 2.12. The molecule has 0 spiro atoms. The van der Waals surface area contributed by atoms with Crippen molar-refractivity contribution in [2.24, 2.45) is 5.41 Å². The highest BCUT2D eigenvalue weighted by atomic mass is 32.1. The highest BCUT2D eigenvalue weighted by molar-refractivity contribution is 7.84. The van der Waals surface area contributed by atoms with E-state index in [1.165, 1.54) is 11.3 Å². The van der Waals surface area contributed by atoms with Crippen LogP contribution in [0.1, 0.15) is 47.1 Å². The van der Waals surface area contributed by atoms with E-state index in [1.54, 1.807) is 0 Å². The Labute approximate surface area is 138 Å². The molecule has 0 amide bonds. The maximum absolute atomic E-state index is 4.35. The molecule has 1 aromatic rings. The molecule has 1 N–H and O–H groups in total. The molecule has 0 aliphatic carbocycles. The fourth-order valence-corrected chi connectivity index (χ4v) is 1.39. The molecule has 0 radical (unpaired) electrons. The van der Waals surface area contributed by atoms with Gasteiger partial charge < -0.3 is 5.32 Å². The van der Waals surface area contributed by atoms with Crippen LogP contribution in [0.15, 0.2) is 47.4 Å². The predicted octanol–water partition coefficient (Wildman–Crippen LogP) is 6.49. The maximum atomic E-state index is 4.35. The van der Waals surface area contributed by atoms with Gasteiger partial charge in [-0.05, 0) is 36.3 Å². The topological polar surface area (TPSA) is 12.0 Å². The third-order valence-electron chi connectivity index (χ3n) is 2.49. The first-order chi connectivity index (χ1) is 9.66. The minimum Gasteiger partial charge on any atom is -0.388 e. The van der Waals surface area contributed by atoms with E-state index in [9.17, 15) is 0 Å². The van der Waals surface area contributed by atoms with Crippen LogP contribution in [0.25, 0.3) is 0 Å². The van der Waals surface area contributed by atoms with Gasteiger partial charge in [-0.25, -0.2) is 0 Å². The Bertz CT molecular complexity index is 422. The van der Waals surface area contributed by atoms with Crippen LogP contribution in [-0.2, 0) is 0 Å². The molecule has 0 saturated carbocycles. The van der Waals surface area contributed by atoms with E-state index in [0.29, 0.717) is 0 Å². The van der Waals surface area contributed by atoms with Crippen molar-refractivity contribution in [1.29, 1.82) is 0 Å². The lowest BCUT2D eigenvalue weighted by Crippen LogP contribution is -2.04. The molecule has 2 heteroatoms. The fraction of sp³-hybridized carbons (Fsp3) is 0.474. The molecule has 1 nitrogen and oxygen atoms in total. The molecule has 21 heavy (non-hydrogen) atoms. The number of rotatable bonds is 2. The number of nitrogens with one attached hydrogen (secondary N) is 1. The van der Waals surface area contributed by atoms with Crippen LogP contribution in [0.5, 0.6) is 0 Å². The quantitative estimate of drug-likeness (QED) is 0.470. The van der Waals surface area contributed by atoms with Crippen molar-refractivity contribution in [2.75, 3.05) is 12.4 Å². The van der Waals surface area contributed by atoms with Crippen molar-refractivity contribution in [3.05, 3.63) is 53.0 Å². The summed E-state index contributed by atoms with van der Waals surface area (Å²) in [6.07, 6.45) is 2.00. The van der Waals surface area contributed by atoms with E-state index >= 15 is 0 Å². The van der Waals surface area contributed by atoms with Gasteiger partial charge in [0.05, 0.1) is 0 Å². The first-order valence-electron chi connectivity index (χ1n) is 7.48. The predicted molar refractivity (Wildman–Crippen MR) is 103 cm³/mol. The minimum absolute atomic E-state index is 0.155. The molecule has 0 fully saturated rings. The second-order valence-corrected chi connectivity index (χ2v) is 6.22. The largest absolute Gasteiger partial charge is 0.388 e. The fourth-order valence-electron chi connectivity index (χ4n) is 1.17. The summed E-state index contributed by atoms with van der Waals surface area (Å²) < 4.78 is 0. The molecule has 0 heterocycles. The van der Waals surface area contributed by atoms with E-state index in [2.05, 4.69) is 76.5 Å². The van der Waals surface area contributed by atoms with Gasteiger partial charge in [0.15, 0.2) is 0 Å². The van der Waals surface area contributed by atoms with Gasteiger partial charge in [-0.1, -0.05) is 70.5 Å². The number of anilines is 1. The van der Waals surface area contributed by atoms with Crippen LogP contribution in [0.2, 0.25) is 0 Å². The van der Waals surface area contributed by atoms with Gasteiger partial charge in [0.2, 0.25) is 0 Å². The number of benzene rings is 1.